The molecule has 0 bridgehead atoms. The molecule has 0 aromatic heterocycles. The van der Waals surface area contributed by atoms with Gasteiger partial charge in [-0.05, 0) is 61.4 Å². The van der Waals surface area contributed by atoms with Gasteiger partial charge in [0.2, 0.25) is 10.0 Å². The molecule has 0 spiro atoms. The number of benzene rings is 2. The Kier molecular flexibility index (Phi) is 6.71. The lowest BCUT2D eigenvalue weighted by Crippen LogP contribution is -2.49. The monoisotopic (exact) mass is 471 g/mol. The van der Waals surface area contributed by atoms with Crippen LogP contribution in [0.3, 0.4) is 0 Å². The molecule has 0 aliphatic carbocycles. The number of rotatable bonds is 6. The lowest BCUT2D eigenvalue weighted by Gasteiger charge is -2.31. The summed E-state index contributed by atoms with van der Waals surface area (Å²) in [7, 11) is -7.13. The minimum Gasteiger partial charge on any atom is -0.348 e. The number of piperidine rings is 1. The van der Waals surface area contributed by atoms with Gasteiger partial charge in [0, 0.05) is 35.4 Å². The van der Waals surface area contributed by atoms with E-state index in [0.717, 1.165) is 6.26 Å². The molecule has 1 aliphatic heterocycles. The summed E-state index contributed by atoms with van der Waals surface area (Å²) in [5.74, 6) is -0.384. The molecular weight excluding hydrogens is 450 g/mol. The lowest BCUT2D eigenvalue weighted by molar-refractivity contribution is 0.0921. The van der Waals surface area contributed by atoms with Crippen LogP contribution in [0.25, 0.3) is 0 Å². The molecule has 162 valence electrons. The number of nitrogens with one attached hydrogen (secondary N) is 2. The minimum absolute atomic E-state index is 0.00918. The molecule has 1 heterocycles. The summed E-state index contributed by atoms with van der Waals surface area (Å²) in [5, 5.41) is 3.31. The van der Waals surface area contributed by atoms with Crippen LogP contribution >= 0.6 is 11.6 Å². The molecule has 0 radical (unpaired) electrons. The first-order valence-corrected chi connectivity index (χ1v) is 12.9. The predicted octanol–water partition coefficient (Wildman–Crippen LogP) is 2.29. The summed E-state index contributed by atoms with van der Waals surface area (Å²) in [6.45, 7) is 0.667. The van der Waals surface area contributed by atoms with Crippen molar-refractivity contribution in [3.05, 3.63) is 59.1 Å². The van der Waals surface area contributed by atoms with Gasteiger partial charge < -0.3 is 5.32 Å². The van der Waals surface area contributed by atoms with E-state index in [4.69, 9.17) is 11.6 Å². The van der Waals surface area contributed by atoms with Crippen LogP contribution < -0.4 is 10.0 Å². The molecule has 1 fully saturated rings. The Labute approximate surface area is 181 Å². The fourth-order valence-electron chi connectivity index (χ4n) is 3.15. The van der Waals surface area contributed by atoms with Crippen LogP contribution in [0.1, 0.15) is 23.2 Å². The number of amides is 1. The molecule has 1 unspecified atom stereocenters. The topological polar surface area (TPSA) is 113 Å². The second-order valence-electron chi connectivity index (χ2n) is 7.07. The largest absolute Gasteiger partial charge is 0.348 e. The minimum atomic E-state index is -3.82. The van der Waals surface area contributed by atoms with Gasteiger partial charge in [0.05, 0.1) is 11.2 Å². The zero-order chi connectivity index (χ0) is 21.9. The van der Waals surface area contributed by atoms with Crippen molar-refractivity contribution in [1.29, 1.82) is 0 Å². The molecule has 2 aromatic carbocycles. The Morgan fingerprint density at radius 2 is 1.67 bits per heavy atom. The normalized spacial score (nSPS) is 18.0. The van der Waals surface area contributed by atoms with E-state index in [0.29, 0.717) is 30.1 Å². The zero-order valence-corrected chi connectivity index (χ0v) is 18.6. The van der Waals surface area contributed by atoms with E-state index >= 15 is 0 Å². The van der Waals surface area contributed by atoms with E-state index in [2.05, 4.69) is 10.0 Å². The Bertz CT molecular complexity index is 1120. The Balaban J connectivity index is 1.66. The van der Waals surface area contributed by atoms with Crippen LogP contribution in [0, 0.1) is 0 Å². The van der Waals surface area contributed by atoms with Crippen molar-refractivity contribution in [3.8, 4) is 0 Å². The van der Waals surface area contributed by atoms with E-state index < -0.39 is 20.0 Å². The van der Waals surface area contributed by atoms with Gasteiger partial charge in [-0.15, -0.1) is 0 Å². The van der Waals surface area contributed by atoms with Crippen molar-refractivity contribution < 1.29 is 21.6 Å². The average molecular weight is 472 g/mol. The highest BCUT2D eigenvalue weighted by Crippen LogP contribution is 2.19. The number of sulfonamides is 2. The third-order valence-electron chi connectivity index (χ3n) is 4.71. The summed E-state index contributed by atoms with van der Waals surface area (Å²) in [4.78, 5) is 12.5. The maximum Gasteiger partial charge on any atom is 0.261 e. The zero-order valence-electron chi connectivity index (χ0n) is 16.2. The number of halogens is 1. The number of anilines is 1. The summed E-state index contributed by atoms with van der Waals surface area (Å²) in [6, 6.07) is 11.5. The third-order valence-corrected chi connectivity index (χ3v) is 7.63. The van der Waals surface area contributed by atoms with Crippen molar-refractivity contribution in [2.24, 2.45) is 0 Å². The van der Waals surface area contributed by atoms with Crippen molar-refractivity contribution >= 4 is 43.2 Å². The van der Waals surface area contributed by atoms with Gasteiger partial charge in [0.25, 0.3) is 15.9 Å². The summed E-state index contributed by atoms with van der Waals surface area (Å²) in [5.41, 5.74) is 0.658. The van der Waals surface area contributed by atoms with Gasteiger partial charge in [0.15, 0.2) is 0 Å². The molecule has 2 N–H and O–H groups in total. The lowest BCUT2D eigenvalue weighted by atomic mass is 10.1. The fourth-order valence-corrected chi connectivity index (χ4v) is 5.24. The van der Waals surface area contributed by atoms with Crippen LogP contribution in [0.2, 0.25) is 5.02 Å². The maximum atomic E-state index is 12.5. The molecule has 11 heteroatoms. The van der Waals surface area contributed by atoms with Crippen LogP contribution in [0.5, 0.6) is 0 Å². The molecule has 1 saturated heterocycles. The number of hydrogen-bond acceptors (Lipinski definition) is 5. The molecular formula is C19H22ClN3O5S2. The summed E-state index contributed by atoms with van der Waals surface area (Å²) >= 11 is 5.80. The SMILES string of the molecule is CS(=O)(=O)N1CCCC(NC(=O)c2ccc(S(=O)(=O)Nc3ccc(Cl)cc3)cc2)C1. The highest BCUT2D eigenvalue weighted by Gasteiger charge is 2.27. The quantitative estimate of drug-likeness (QED) is 0.671. The van der Waals surface area contributed by atoms with Crippen molar-refractivity contribution in [2.75, 3.05) is 24.1 Å². The smallest absolute Gasteiger partial charge is 0.261 e. The van der Waals surface area contributed by atoms with Crippen LogP contribution in [-0.2, 0) is 20.0 Å². The van der Waals surface area contributed by atoms with E-state index in [1.54, 1.807) is 24.3 Å². The maximum absolute atomic E-state index is 12.5. The van der Waals surface area contributed by atoms with Crippen LogP contribution in [0.4, 0.5) is 5.69 Å². The Morgan fingerprint density at radius 3 is 2.27 bits per heavy atom. The van der Waals surface area contributed by atoms with E-state index in [1.807, 2.05) is 0 Å². The van der Waals surface area contributed by atoms with Gasteiger partial charge in [-0.2, -0.15) is 0 Å². The molecule has 8 nitrogen and oxygen atoms in total. The Hall–Kier alpha value is -2.14. The number of hydrogen-bond donors (Lipinski definition) is 2. The van der Waals surface area contributed by atoms with Gasteiger partial charge in [-0.25, -0.2) is 21.1 Å². The van der Waals surface area contributed by atoms with Gasteiger partial charge in [0.1, 0.15) is 0 Å². The van der Waals surface area contributed by atoms with Gasteiger partial charge >= 0.3 is 0 Å². The first-order chi connectivity index (χ1) is 14.0. The van der Waals surface area contributed by atoms with Crippen LogP contribution in [0.15, 0.2) is 53.4 Å². The van der Waals surface area contributed by atoms with E-state index in [1.165, 1.54) is 28.6 Å². The van der Waals surface area contributed by atoms with E-state index in [9.17, 15) is 21.6 Å². The fraction of sp³-hybridized carbons (Fsp3) is 0.316. The highest BCUT2D eigenvalue weighted by molar-refractivity contribution is 7.92. The number of carbonyl (C=O) groups is 1. The first kappa shape index (κ1) is 22.5. The van der Waals surface area contributed by atoms with Gasteiger partial charge in [-0.3, -0.25) is 9.52 Å². The molecule has 1 amide bonds. The predicted molar refractivity (Wildman–Crippen MR) is 116 cm³/mol. The van der Waals surface area contributed by atoms with Crippen molar-refractivity contribution in [1.82, 2.24) is 9.62 Å². The number of nitrogens with zero attached hydrogens (tertiary/aromatic N) is 1. The summed E-state index contributed by atoms with van der Waals surface area (Å²) < 4.78 is 52.2. The van der Waals surface area contributed by atoms with E-state index in [-0.39, 0.29) is 29.0 Å². The van der Waals surface area contributed by atoms with Crippen LogP contribution in [-0.4, -0.2) is 52.4 Å². The summed E-state index contributed by atoms with van der Waals surface area (Å²) in [6.07, 6.45) is 2.48. The molecule has 1 atom stereocenters. The second kappa shape index (κ2) is 8.93. The molecule has 30 heavy (non-hydrogen) atoms. The van der Waals surface area contributed by atoms with Crippen molar-refractivity contribution in [2.45, 2.75) is 23.8 Å². The highest BCUT2D eigenvalue weighted by atomic mass is 35.5. The molecule has 2 aromatic rings. The number of carbonyl (C=O) groups excluding carboxylic acids is 1. The average Bonchev–Trinajstić information content (AvgIpc) is 2.69. The third kappa shape index (κ3) is 5.72. The first-order valence-electron chi connectivity index (χ1n) is 9.19. The van der Waals surface area contributed by atoms with Crippen molar-refractivity contribution in [3.63, 3.8) is 0 Å². The van der Waals surface area contributed by atoms with Gasteiger partial charge in [-0.1, -0.05) is 11.6 Å². The second-order valence-corrected chi connectivity index (χ2v) is 11.2. The molecule has 3 rings (SSSR count). The Morgan fingerprint density at radius 1 is 1.03 bits per heavy atom. The standard InChI is InChI=1S/C19H22ClN3O5S2/c1-29(25,26)23-12-2-3-17(13-23)21-19(24)14-4-10-18(11-5-14)30(27,28)22-16-8-6-15(20)7-9-16/h4-11,17,22H,2-3,12-13H2,1H3,(H,21,24). The molecule has 1 aliphatic rings. The molecule has 0 saturated carbocycles.